The Morgan fingerprint density at radius 2 is 1.95 bits per heavy atom. The number of fused-ring (bicyclic) bond motifs is 6. The maximum atomic E-state index is 14.3. The van der Waals surface area contributed by atoms with E-state index in [9.17, 15) is 34.4 Å². The van der Waals surface area contributed by atoms with E-state index in [1.807, 2.05) is 13.0 Å². The molecule has 3 aliphatic rings. The monoisotopic (exact) mass is 849 g/mol. The zero-order valence-electron chi connectivity index (χ0n) is 34.5. The number of benzene rings is 2. The number of epoxide rings is 1. The highest BCUT2D eigenvalue weighted by molar-refractivity contribution is 6.35. The number of nitrogens with one attached hydrogen (secondary N) is 1. The van der Waals surface area contributed by atoms with Gasteiger partial charge in [-0.15, -0.1) is 0 Å². The summed E-state index contributed by atoms with van der Waals surface area (Å²) < 4.78 is 29.3. The predicted molar refractivity (Wildman–Crippen MR) is 219 cm³/mol. The highest BCUT2D eigenvalue weighted by atomic mass is 35.5. The highest BCUT2D eigenvalue weighted by Crippen LogP contribution is 2.49. The second-order valence-electron chi connectivity index (χ2n) is 15.6. The van der Waals surface area contributed by atoms with Crippen molar-refractivity contribution in [1.29, 1.82) is 0 Å². The van der Waals surface area contributed by atoms with Crippen LogP contribution >= 0.6 is 11.6 Å². The summed E-state index contributed by atoms with van der Waals surface area (Å²) in [5.41, 5.74) is -1.34. The molecule has 0 unspecified atom stereocenters. The Morgan fingerprint density at radius 3 is 2.63 bits per heavy atom. The maximum absolute atomic E-state index is 14.3. The smallest absolute Gasteiger partial charge is 0.409 e. The fraction of sp³-hybridized carbons (Fsp3) is 0.452. The topological polar surface area (TPSA) is 212 Å². The number of likely N-dealkylation sites (N-methyl/N-ethyl adjacent to an activating group) is 1. The molecule has 8 atom stereocenters. The van der Waals surface area contributed by atoms with Crippen LogP contribution in [0.1, 0.15) is 56.5 Å². The van der Waals surface area contributed by atoms with E-state index in [-0.39, 0.29) is 33.6 Å². The van der Waals surface area contributed by atoms with Crippen LogP contribution in [0.25, 0.3) is 10.9 Å². The van der Waals surface area contributed by atoms with Crippen molar-refractivity contribution in [2.24, 2.45) is 5.92 Å². The number of esters is 1. The summed E-state index contributed by atoms with van der Waals surface area (Å²) in [4.78, 5) is 73.0. The number of rotatable bonds is 7. The average Bonchev–Trinajstić information content (AvgIpc) is 3.91. The molecule has 320 valence electrons. The Labute approximate surface area is 351 Å². The molecule has 2 N–H and O–H groups in total. The number of allylic oxidation sites excluding steroid dienone is 3. The molecule has 2 saturated heterocycles. The fourth-order valence-electron chi connectivity index (χ4n) is 7.86. The number of alkyl carbamates (subject to hydrolysis) is 1. The van der Waals surface area contributed by atoms with Gasteiger partial charge in [-0.2, -0.15) is 0 Å². The summed E-state index contributed by atoms with van der Waals surface area (Å²) in [6.07, 6.45) is 1.71. The lowest BCUT2D eigenvalue weighted by Crippen LogP contribution is -2.63. The first-order valence-electron chi connectivity index (χ1n) is 19.2. The van der Waals surface area contributed by atoms with Crippen molar-refractivity contribution in [1.82, 2.24) is 15.2 Å². The highest BCUT2D eigenvalue weighted by Gasteiger charge is 2.64. The van der Waals surface area contributed by atoms with Gasteiger partial charge in [0.15, 0.2) is 5.72 Å². The van der Waals surface area contributed by atoms with E-state index in [1.54, 1.807) is 38.1 Å². The van der Waals surface area contributed by atoms with Gasteiger partial charge >= 0.3 is 12.1 Å². The van der Waals surface area contributed by atoms with Crippen LogP contribution in [0.4, 0.5) is 16.2 Å². The Balaban J connectivity index is 1.35. The quantitative estimate of drug-likeness (QED) is 0.134. The molecule has 4 heterocycles. The number of ether oxygens (including phenoxy) is 5. The number of hydrogen-bond donors (Lipinski definition) is 2. The van der Waals surface area contributed by atoms with Gasteiger partial charge in [0.05, 0.1) is 46.7 Å². The first-order chi connectivity index (χ1) is 28.3. The number of pyridine rings is 1. The predicted octanol–water partition coefficient (Wildman–Crippen LogP) is 5.28. The van der Waals surface area contributed by atoms with Crippen LogP contribution in [-0.2, 0) is 35.0 Å². The van der Waals surface area contributed by atoms with Gasteiger partial charge in [0.25, 0.3) is 11.6 Å². The molecular formula is C42H48ClN5O12. The number of non-ortho nitro benzene ring substituents is 1. The van der Waals surface area contributed by atoms with Gasteiger partial charge in [0.2, 0.25) is 5.91 Å². The third-order valence-corrected chi connectivity index (χ3v) is 12.0. The van der Waals surface area contributed by atoms with Crippen molar-refractivity contribution in [2.75, 3.05) is 33.2 Å². The SMILES string of the molecule is COc1cc2cc(c1Cl)N(C)C(=O)C[C@H](OC(=O)[C@H](C)N(C)C(=O)c1ccc([N+](=O)[O-])c3cccnc13)[C@]1(C)O[C@H]1[C@H](C)[C@@H]1C[C@@](O)(NC(=O)O1)[C@H](OC)/C=C/C=C(\C)C2. The second-order valence-corrected chi connectivity index (χ2v) is 16.0. The van der Waals surface area contributed by atoms with Crippen LogP contribution in [0.3, 0.4) is 0 Å². The minimum atomic E-state index is -1.88. The van der Waals surface area contributed by atoms with E-state index < -0.39 is 82.9 Å². The number of amides is 3. The lowest BCUT2D eigenvalue weighted by molar-refractivity contribution is -0.383. The van der Waals surface area contributed by atoms with Crippen LogP contribution in [-0.4, -0.2) is 114 Å². The zero-order chi connectivity index (χ0) is 43.8. The Morgan fingerprint density at radius 1 is 1.22 bits per heavy atom. The van der Waals surface area contributed by atoms with Gasteiger partial charge < -0.3 is 38.6 Å². The van der Waals surface area contributed by atoms with Crippen LogP contribution < -0.4 is 15.0 Å². The second kappa shape index (κ2) is 17.2. The molecule has 60 heavy (non-hydrogen) atoms. The van der Waals surface area contributed by atoms with Crippen molar-refractivity contribution >= 4 is 57.8 Å². The number of aromatic nitrogens is 1. The first kappa shape index (κ1) is 43.9. The number of nitrogens with zero attached hydrogens (tertiary/aromatic N) is 4. The minimum Gasteiger partial charge on any atom is -0.495 e. The number of anilines is 1. The van der Waals surface area contributed by atoms with Crippen LogP contribution in [0.2, 0.25) is 5.02 Å². The number of hydrogen-bond acceptors (Lipinski definition) is 13. The van der Waals surface area contributed by atoms with E-state index in [4.69, 9.17) is 35.3 Å². The molecule has 3 amide bonds. The van der Waals surface area contributed by atoms with Crippen LogP contribution in [0, 0.1) is 16.0 Å². The van der Waals surface area contributed by atoms with E-state index in [2.05, 4.69) is 10.3 Å². The molecule has 6 rings (SSSR count). The molecule has 18 heteroatoms. The molecule has 1 aromatic heterocycles. The Bertz CT molecular complexity index is 2290. The molecule has 0 aliphatic carbocycles. The number of carbonyl (C=O) groups excluding carboxylic acids is 4. The molecule has 4 bridgehead atoms. The third kappa shape index (κ3) is 8.52. The molecule has 0 spiro atoms. The standard InChI is InChI=1S/C42H48ClN5O12/c1-22-11-9-13-32(57-8)42(53)21-31(58-40(52)45-42)23(2)37-41(4,60-37)33(20-34(49)47(6)29-18-25(17-22)19-30(56-7)35(29)43)59-39(51)24(3)46(5)38(50)27-14-15-28(48(54)55)26-12-10-16-44-36(26)27/h9-16,18-19,23-24,31-33,37,53H,17,20-21H2,1-8H3,(H,45,52)/b13-9+,22-11+/t23-,24+,31+,32-,33+,37+,41+,42+/m1/s1. The van der Waals surface area contributed by atoms with E-state index in [0.717, 1.165) is 16.0 Å². The fourth-order valence-corrected chi connectivity index (χ4v) is 8.17. The van der Waals surface area contributed by atoms with Crippen molar-refractivity contribution in [3.8, 4) is 5.75 Å². The number of methoxy groups -OCH3 is 2. The number of carbonyl (C=O) groups is 4. The zero-order valence-corrected chi connectivity index (χ0v) is 35.2. The summed E-state index contributed by atoms with van der Waals surface area (Å²) >= 11 is 6.78. The molecular weight excluding hydrogens is 802 g/mol. The molecule has 0 saturated carbocycles. The van der Waals surface area contributed by atoms with Gasteiger partial charge in [0, 0.05) is 45.8 Å². The first-order valence-corrected chi connectivity index (χ1v) is 19.6. The van der Waals surface area contributed by atoms with E-state index in [0.29, 0.717) is 17.9 Å². The van der Waals surface area contributed by atoms with Crippen molar-refractivity contribution in [2.45, 2.75) is 88.7 Å². The van der Waals surface area contributed by atoms with Gasteiger partial charge in [-0.1, -0.05) is 42.3 Å². The Kier molecular flexibility index (Phi) is 12.6. The summed E-state index contributed by atoms with van der Waals surface area (Å²) in [6.45, 7) is 6.76. The maximum Gasteiger partial charge on any atom is 0.409 e. The lowest BCUT2D eigenvalue weighted by atomic mass is 9.83. The number of nitro groups is 1. The van der Waals surface area contributed by atoms with Gasteiger partial charge in [-0.05, 0) is 63.1 Å². The van der Waals surface area contributed by atoms with Crippen LogP contribution in [0.5, 0.6) is 5.75 Å². The minimum absolute atomic E-state index is 0.0244. The van der Waals surface area contributed by atoms with E-state index in [1.165, 1.54) is 70.6 Å². The summed E-state index contributed by atoms with van der Waals surface area (Å²) in [5.74, 6) is -2.32. The summed E-state index contributed by atoms with van der Waals surface area (Å²) in [6, 6.07) is 7.76. The molecule has 2 fully saturated rings. The average molecular weight is 850 g/mol. The van der Waals surface area contributed by atoms with Gasteiger partial charge in [-0.25, -0.2) is 9.59 Å². The molecule has 0 radical (unpaired) electrons. The number of aliphatic hydroxyl groups is 1. The Hall–Kier alpha value is -5.62. The van der Waals surface area contributed by atoms with E-state index >= 15 is 0 Å². The van der Waals surface area contributed by atoms with Crippen molar-refractivity contribution in [3.63, 3.8) is 0 Å². The molecule has 3 aromatic rings. The lowest BCUT2D eigenvalue weighted by Gasteiger charge is -2.42. The normalized spacial score (nSPS) is 28.9. The molecule has 17 nitrogen and oxygen atoms in total. The molecule has 3 aliphatic heterocycles. The third-order valence-electron chi connectivity index (χ3n) is 11.6. The number of halogens is 1. The summed E-state index contributed by atoms with van der Waals surface area (Å²) in [5, 5.41) is 26.3. The van der Waals surface area contributed by atoms with Crippen LogP contribution in [0.15, 0.2) is 66.4 Å². The largest absolute Gasteiger partial charge is 0.495 e. The van der Waals surface area contributed by atoms with Crippen molar-refractivity contribution in [3.05, 3.63) is 92.7 Å². The number of nitro benzene ring substituents is 1. The summed E-state index contributed by atoms with van der Waals surface area (Å²) in [7, 11) is 5.78. The van der Waals surface area contributed by atoms with Crippen molar-refractivity contribution < 1.29 is 52.9 Å². The van der Waals surface area contributed by atoms with Gasteiger partial charge in [-0.3, -0.25) is 30.0 Å². The molecule has 2 aromatic carbocycles. The van der Waals surface area contributed by atoms with Gasteiger partial charge in [0.1, 0.15) is 40.7 Å².